The van der Waals surface area contributed by atoms with Gasteiger partial charge in [0.25, 0.3) is 0 Å². The minimum absolute atomic E-state index is 0.172. The maximum Gasteiger partial charge on any atom is 0.244 e. The topological polar surface area (TPSA) is 69.9 Å². The average Bonchev–Trinajstić information content (AvgIpc) is 3.34. The number of ether oxygens (including phenoxy) is 3. The number of benzene rings is 2. The van der Waals surface area contributed by atoms with Crippen LogP contribution in [-0.4, -0.2) is 19.3 Å². The zero-order valence-corrected chi connectivity index (χ0v) is 17.6. The molecule has 0 radical (unpaired) electrons. The summed E-state index contributed by atoms with van der Waals surface area (Å²) >= 11 is 0. The lowest BCUT2D eigenvalue weighted by molar-refractivity contribution is -0.116. The summed E-state index contributed by atoms with van der Waals surface area (Å²) in [5.41, 5.74) is 5.47. The number of nitrogens with one attached hydrogen (secondary N) is 1. The maximum absolute atomic E-state index is 12.6. The van der Waals surface area contributed by atoms with Gasteiger partial charge in [-0.25, -0.2) is 0 Å². The maximum atomic E-state index is 12.6. The molecular formula is C24H25NO5. The van der Waals surface area contributed by atoms with Crippen molar-refractivity contribution < 1.29 is 23.4 Å². The number of hydrogen-bond donors (Lipinski definition) is 1. The van der Waals surface area contributed by atoms with Gasteiger partial charge in [0.05, 0.1) is 12.9 Å². The fourth-order valence-corrected chi connectivity index (χ4v) is 3.63. The molecule has 1 amide bonds. The van der Waals surface area contributed by atoms with E-state index in [1.54, 1.807) is 12.3 Å². The Kier molecular flexibility index (Phi) is 5.40. The number of amides is 1. The second-order valence-corrected chi connectivity index (χ2v) is 7.34. The monoisotopic (exact) mass is 407 g/mol. The van der Waals surface area contributed by atoms with Gasteiger partial charge in [-0.2, -0.15) is 0 Å². The van der Waals surface area contributed by atoms with E-state index in [1.807, 2.05) is 52.0 Å². The van der Waals surface area contributed by atoms with Gasteiger partial charge in [-0.15, -0.1) is 0 Å². The van der Waals surface area contributed by atoms with Gasteiger partial charge < -0.3 is 23.9 Å². The Labute approximate surface area is 175 Å². The molecule has 156 valence electrons. The van der Waals surface area contributed by atoms with E-state index in [-0.39, 0.29) is 12.7 Å². The van der Waals surface area contributed by atoms with E-state index >= 15 is 0 Å². The molecule has 0 spiro atoms. The molecule has 3 aromatic rings. The summed E-state index contributed by atoms with van der Waals surface area (Å²) in [7, 11) is 0. The Morgan fingerprint density at radius 1 is 1.20 bits per heavy atom. The summed E-state index contributed by atoms with van der Waals surface area (Å²) in [6.07, 6.45) is 3.35. The smallest absolute Gasteiger partial charge is 0.244 e. The molecule has 0 unspecified atom stereocenters. The largest absolute Gasteiger partial charge is 0.493 e. The normalized spacial score (nSPS) is 13.0. The lowest BCUT2D eigenvalue weighted by atomic mass is 9.98. The van der Waals surface area contributed by atoms with E-state index in [4.69, 9.17) is 18.6 Å². The molecule has 6 nitrogen and oxygen atoms in total. The van der Waals surface area contributed by atoms with Crippen LogP contribution in [-0.2, 0) is 11.3 Å². The molecule has 1 aliphatic rings. The second-order valence-electron chi connectivity index (χ2n) is 7.34. The molecule has 0 aliphatic carbocycles. The Morgan fingerprint density at radius 2 is 2.00 bits per heavy atom. The van der Waals surface area contributed by atoms with Crippen LogP contribution in [0, 0.1) is 13.8 Å². The van der Waals surface area contributed by atoms with Crippen molar-refractivity contribution in [2.45, 2.75) is 34.2 Å². The van der Waals surface area contributed by atoms with Gasteiger partial charge in [0.2, 0.25) is 12.7 Å². The van der Waals surface area contributed by atoms with Crippen molar-refractivity contribution in [3.8, 4) is 17.2 Å². The number of rotatable bonds is 6. The number of hydrogen-bond acceptors (Lipinski definition) is 5. The van der Waals surface area contributed by atoms with Gasteiger partial charge in [0.1, 0.15) is 11.3 Å². The summed E-state index contributed by atoms with van der Waals surface area (Å²) in [4.78, 5) is 12.6. The molecule has 6 heteroatoms. The van der Waals surface area contributed by atoms with Gasteiger partial charge >= 0.3 is 0 Å². The molecule has 0 bridgehead atoms. The molecule has 30 heavy (non-hydrogen) atoms. The van der Waals surface area contributed by atoms with Crippen molar-refractivity contribution in [1.29, 1.82) is 0 Å². The number of allylic oxidation sites excluding steroid dienone is 1. The molecule has 1 aromatic heterocycles. The fraction of sp³-hybridized carbons (Fsp3) is 0.292. The Balaban J connectivity index is 1.56. The van der Waals surface area contributed by atoms with E-state index in [9.17, 15) is 4.79 Å². The molecule has 0 saturated heterocycles. The van der Waals surface area contributed by atoms with Gasteiger partial charge in [0, 0.05) is 29.1 Å². The van der Waals surface area contributed by atoms with Crippen LogP contribution in [0.2, 0.25) is 0 Å². The highest BCUT2D eigenvalue weighted by molar-refractivity contribution is 5.98. The van der Waals surface area contributed by atoms with Crippen LogP contribution in [0.3, 0.4) is 0 Å². The zero-order valence-electron chi connectivity index (χ0n) is 17.6. The van der Waals surface area contributed by atoms with Gasteiger partial charge in [-0.3, -0.25) is 4.79 Å². The third-order valence-corrected chi connectivity index (χ3v) is 5.20. The molecular weight excluding hydrogens is 382 g/mol. The van der Waals surface area contributed by atoms with Gasteiger partial charge in [-0.05, 0) is 62.6 Å². The minimum atomic E-state index is -0.172. The number of carbonyl (C=O) groups excluding carboxylic acids is 1. The van der Waals surface area contributed by atoms with Gasteiger partial charge in [-0.1, -0.05) is 6.07 Å². The predicted octanol–water partition coefficient (Wildman–Crippen LogP) is 4.90. The molecule has 0 atom stereocenters. The van der Waals surface area contributed by atoms with Gasteiger partial charge in [0.15, 0.2) is 11.5 Å². The quantitative estimate of drug-likeness (QED) is 0.589. The van der Waals surface area contributed by atoms with E-state index in [1.165, 1.54) is 0 Å². The third-order valence-electron chi connectivity index (χ3n) is 5.20. The average molecular weight is 407 g/mol. The highest BCUT2D eigenvalue weighted by atomic mass is 16.7. The summed E-state index contributed by atoms with van der Waals surface area (Å²) in [5, 5.41) is 3.96. The standard InChI is InChI=1S/C24H25NO5/c1-5-27-23-16(4)24-19(15(3)12-28-24)10-18(23)14(2)8-22(26)25-11-17-6-7-20-21(9-17)30-13-29-20/h6-10,12H,5,11,13H2,1-4H3,(H,25,26)/b14-8+. The summed E-state index contributed by atoms with van der Waals surface area (Å²) in [6.45, 7) is 9.00. The van der Waals surface area contributed by atoms with Crippen LogP contribution in [0.15, 0.2) is 41.0 Å². The van der Waals surface area contributed by atoms with Crippen molar-refractivity contribution in [2.24, 2.45) is 0 Å². The molecule has 4 rings (SSSR count). The molecule has 1 aliphatic heterocycles. The van der Waals surface area contributed by atoms with Crippen LogP contribution in [0.25, 0.3) is 16.5 Å². The number of furan rings is 1. The predicted molar refractivity (Wildman–Crippen MR) is 115 cm³/mol. The molecule has 2 heterocycles. The van der Waals surface area contributed by atoms with Crippen molar-refractivity contribution in [3.05, 3.63) is 58.9 Å². The first-order valence-corrected chi connectivity index (χ1v) is 9.97. The van der Waals surface area contributed by atoms with Crippen LogP contribution in [0.1, 0.15) is 36.1 Å². The van der Waals surface area contributed by atoms with Crippen molar-refractivity contribution in [3.63, 3.8) is 0 Å². The SMILES string of the molecule is CCOc1c(/C(C)=C/C(=O)NCc2ccc3c(c2)OCO3)cc2c(C)coc2c1C. The zero-order chi connectivity index (χ0) is 21.3. The van der Waals surface area contributed by atoms with E-state index in [0.29, 0.717) is 18.9 Å². The highest BCUT2D eigenvalue weighted by Gasteiger charge is 2.17. The Bertz CT molecular complexity index is 1140. The van der Waals surface area contributed by atoms with Crippen molar-refractivity contribution in [2.75, 3.05) is 13.4 Å². The van der Waals surface area contributed by atoms with Crippen LogP contribution in [0.5, 0.6) is 17.2 Å². The number of fused-ring (bicyclic) bond motifs is 2. The summed E-state index contributed by atoms with van der Waals surface area (Å²) < 4.78 is 22.3. The first-order valence-electron chi connectivity index (χ1n) is 9.97. The Morgan fingerprint density at radius 3 is 2.80 bits per heavy atom. The summed E-state index contributed by atoms with van der Waals surface area (Å²) in [6, 6.07) is 7.68. The number of carbonyl (C=O) groups is 1. The van der Waals surface area contributed by atoms with E-state index < -0.39 is 0 Å². The lowest BCUT2D eigenvalue weighted by Gasteiger charge is -2.14. The first-order chi connectivity index (χ1) is 14.5. The van der Waals surface area contributed by atoms with E-state index in [0.717, 1.165) is 50.3 Å². The fourth-order valence-electron chi connectivity index (χ4n) is 3.63. The van der Waals surface area contributed by atoms with Crippen LogP contribution < -0.4 is 19.5 Å². The van der Waals surface area contributed by atoms with E-state index in [2.05, 4.69) is 5.32 Å². The third kappa shape index (κ3) is 3.73. The molecule has 2 aromatic carbocycles. The second kappa shape index (κ2) is 8.14. The molecule has 0 saturated carbocycles. The van der Waals surface area contributed by atoms with Crippen molar-refractivity contribution >= 4 is 22.4 Å². The first kappa shape index (κ1) is 19.9. The minimum Gasteiger partial charge on any atom is -0.493 e. The van der Waals surface area contributed by atoms with Crippen molar-refractivity contribution in [1.82, 2.24) is 5.32 Å². The Hall–Kier alpha value is -3.41. The molecule has 0 fully saturated rings. The van der Waals surface area contributed by atoms with Crippen LogP contribution in [0.4, 0.5) is 0 Å². The highest BCUT2D eigenvalue weighted by Crippen LogP contribution is 2.37. The summed E-state index contributed by atoms with van der Waals surface area (Å²) in [5.74, 6) is 2.00. The number of aryl methyl sites for hydroxylation is 2. The van der Waals surface area contributed by atoms with Crippen LogP contribution >= 0.6 is 0 Å². The lowest BCUT2D eigenvalue weighted by Crippen LogP contribution is -2.20. The molecule has 1 N–H and O–H groups in total.